The fourth-order valence-corrected chi connectivity index (χ4v) is 1.61. The lowest BCUT2D eigenvalue weighted by atomic mass is 10.0. The monoisotopic (exact) mass is 195 g/mol. The molecule has 0 bridgehead atoms. The molecule has 0 aromatic heterocycles. The summed E-state index contributed by atoms with van der Waals surface area (Å²) in [4.78, 5) is 0. The van der Waals surface area contributed by atoms with Crippen LogP contribution in [-0.2, 0) is 6.42 Å². The number of halogens is 1. The minimum atomic E-state index is -0.121. The van der Waals surface area contributed by atoms with Crippen molar-refractivity contribution in [2.24, 2.45) is 0 Å². The first-order valence-corrected chi connectivity index (χ1v) is 5.12. The first kappa shape index (κ1) is 11.2. The molecule has 1 aromatic carbocycles. The smallest absolute Gasteiger partial charge is 0.126 e. The number of nitrogens with one attached hydrogen (secondary N) is 1. The van der Waals surface area contributed by atoms with Crippen LogP contribution >= 0.6 is 0 Å². The van der Waals surface area contributed by atoms with Crippen LogP contribution in [0.2, 0.25) is 0 Å². The van der Waals surface area contributed by atoms with Gasteiger partial charge in [0.1, 0.15) is 5.82 Å². The minimum absolute atomic E-state index is 0.121. The lowest BCUT2D eigenvalue weighted by Crippen LogP contribution is -2.27. The first-order valence-electron chi connectivity index (χ1n) is 5.12. The molecule has 0 aliphatic carbocycles. The Labute approximate surface area is 85.3 Å². The van der Waals surface area contributed by atoms with Crippen molar-refractivity contribution in [2.45, 2.75) is 33.2 Å². The number of hydrogen-bond donors (Lipinski definition) is 1. The molecule has 0 heterocycles. The predicted molar refractivity (Wildman–Crippen MR) is 58.0 cm³/mol. The fraction of sp³-hybridized carbons (Fsp3) is 0.500. The summed E-state index contributed by atoms with van der Waals surface area (Å²) in [5.74, 6) is -0.121. The van der Waals surface area contributed by atoms with Crippen molar-refractivity contribution in [1.29, 1.82) is 0 Å². The molecule has 1 atom stereocenters. The van der Waals surface area contributed by atoms with Crippen molar-refractivity contribution in [1.82, 2.24) is 5.32 Å². The van der Waals surface area contributed by atoms with Gasteiger partial charge in [-0.1, -0.05) is 19.1 Å². The molecule has 0 radical (unpaired) electrons. The van der Waals surface area contributed by atoms with Gasteiger partial charge in [0.25, 0.3) is 0 Å². The standard InChI is InChI=1S/C12H18FN/c1-4-14-10(3)8-11-5-6-12(13)9(2)7-11/h5-7,10,14H,4,8H2,1-3H3. The number of hydrogen-bond acceptors (Lipinski definition) is 1. The quantitative estimate of drug-likeness (QED) is 0.779. The zero-order chi connectivity index (χ0) is 10.6. The van der Waals surface area contributed by atoms with Gasteiger partial charge in [-0.15, -0.1) is 0 Å². The fourth-order valence-electron chi connectivity index (χ4n) is 1.61. The van der Waals surface area contributed by atoms with Crippen molar-refractivity contribution in [3.8, 4) is 0 Å². The highest BCUT2D eigenvalue weighted by Gasteiger charge is 2.03. The Morgan fingerprint density at radius 3 is 2.71 bits per heavy atom. The highest BCUT2D eigenvalue weighted by Crippen LogP contribution is 2.10. The summed E-state index contributed by atoms with van der Waals surface area (Å²) in [6.45, 7) is 7.01. The molecule has 0 fully saturated rings. The van der Waals surface area contributed by atoms with Gasteiger partial charge in [-0.25, -0.2) is 4.39 Å². The van der Waals surface area contributed by atoms with E-state index in [1.54, 1.807) is 13.0 Å². The van der Waals surface area contributed by atoms with Gasteiger partial charge in [0.15, 0.2) is 0 Å². The molecule has 78 valence electrons. The van der Waals surface area contributed by atoms with Crippen molar-refractivity contribution in [3.63, 3.8) is 0 Å². The highest BCUT2D eigenvalue weighted by atomic mass is 19.1. The molecule has 1 N–H and O–H groups in total. The number of aryl methyl sites for hydroxylation is 1. The molecule has 1 unspecified atom stereocenters. The molecule has 0 saturated heterocycles. The zero-order valence-corrected chi connectivity index (χ0v) is 9.10. The Balaban J connectivity index is 2.63. The topological polar surface area (TPSA) is 12.0 Å². The van der Waals surface area contributed by atoms with E-state index in [0.29, 0.717) is 6.04 Å². The minimum Gasteiger partial charge on any atom is -0.314 e. The molecule has 0 aliphatic heterocycles. The average molecular weight is 195 g/mol. The Morgan fingerprint density at radius 2 is 2.14 bits per heavy atom. The Bertz CT molecular complexity index is 296. The molecule has 0 amide bonds. The van der Waals surface area contributed by atoms with Crippen LogP contribution in [-0.4, -0.2) is 12.6 Å². The van der Waals surface area contributed by atoms with E-state index in [-0.39, 0.29) is 5.82 Å². The Kier molecular flexibility index (Phi) is 4.08. The van der Waals surface area contributed by atoms with Gasteiger partial charge in [0.2, 0.25) is 0 Å². The summed E-state index contributed by atoms with van der Waals surface area (Å²) in [6.07, 6.45) is 0.953. The highest BCUT2D eigenvalue weighted by molar-refractivity contribution is 5.24. The van der Waals surface area contributed by atoms with E-state index in [1.165, 1.54) is 5.56 Å². The molecule has 0 saturated carbocycles. The van der Waals surface area contributed by atoms with Crippen LogP contribution in [0.1, 0.15) is 25.0 Å². The van der Waals surface area contributed by atoms with Gasteiger partial charge in [-0.2, -0.15) is 0 Å². The molecule has 14 heavy (non-hydrogen) atoms. The summed E-state index contributed by atoms with van der Waals surface area (Å²) in [5, 5.41) is 3.33. The SMILES string of the molecule is CCNC(C)Cc1ccc(F)c(C)c1. The van der Waals surface area contributed by atoms with E-state index in [2.05, 4.69) is 19.2 Å². The zero-order valence-electron chi connectivity index (χ0n) is 9.10. The molecule has 0 aliphatic rings. The third-order valence-electron chi connectivity index (χ3n) is 2.32. The van der Waals surface area contributed by atoms with E-state index in [9.17, 15) is 4.39 Å². The summed E-state index contributed by atoms with van der Waals surface area (Å²) in [5.41, 5.74) is 1.92. The molecular formula is C12H18FN. The number of likely N-dealkylation sites (N-methyl/N-ethyl adjacent to an activating group) is 1. The second kappa shape index (κ2) is 5.11. The maximum atomic E-state index is 13.0. The summed E-state index contributed by atoms with van der Waals surface area (Å²) >= 11 is 0. The van der Waals surface area contributed by atoms with Crippen LogP contribution in [0.3, 0.4) is 0 Å². The first-order chi connectivity index (χ1) is 6.63. The molecule has 0 spiro atoms. The summed E-state index contributed by atoms with van der Waals surface area (Å²) in [7, 11) is 0. The second-order valence-electron chi connectivity index (χ2n) is 3.75. The number of rotatable bonds is 4. The van der Waals surface area contributed by atoms with E-state index in [4.69, 9.17) is 0 Å². The van der Waals surface area contributed by atoms with Gasteiger partial charge in [0, 0.05) is 6.04 Å². The normalized spacial score (nSPS) is 12.9. The second-order valence-corrected chi connectivity index (χ2v) is 3.75. The van der Waals surface area contributed by atoms with Crippen LogP contribution in [0.15, 0.2) is 18.2 Å². The third kappa shape index (κ3) is 3.11. The average Bonchev–Trinajstić information content (AvgIpc) is 2.12. The van der Waals surface area contributed by atoms with Crippen LogP contribution in [0.25, 0.3) is 0 Å². The molecule has 1 rings (SSSR count). The molecule has 1 aromatic rings. The molecular weight excluding hydrogens is 177 g/mol. The Hall–Kier alpha value is -0.890. The van der Waals surface area contributed by atoms with E-state index in [1.807, 2.05) is 12.1 Å². The van der Waals surface area contributed by atoms with Gasteiger partial charge in [-0.3, -0.25) is 0 Å². The maximum absolute atomic E-state index is 13.0. The van der Waals surface area contributed by atoms with Gasteiger partial charge in [0.05, 0.1) is 0 Å². The van der Waals surface area contributed by atoms with Gasteiger partial charge in [-0.05, 0) is 44.0 Å². The van der Waals surface area contributed by atoms with Crippen LogP contribution in [0, 0.1) is 12.7 Å². The van der Waals surface area contributed by atoms with Gasteiger partial charge < -0.3 is 5.32 Å². The van der Waals surface area contributed by atoms with Crippen LogP contribution in [0.4, 0.5) is 4.39 Å². The van der Waals surface area contributed by atoms with Crippen molar-refractivity contribution in [2.75, 3.05) is 6.54 Å². The summed E-state index contributed by atoms with van der Waals surface area (Å²) in [6, 6.07) is 5.77. The number of benzene rings is 1. The largest absolute Gasteiger partial charge is 0.314 e. The predicted octanol–water partition coefficient (Wildman–Crippen LogP) is 2.67. The third-order valence-corrected chi connectivity index (χ3v) is 2.32. The van der Waals surface area contributed by atoms with Crippen molar-refractivity contribution in [3.05, 3.63) is 35.1 Å². The van der Waals surface area contributed by atoms with Gasteiger partial charge >= 0.3 is 0 Å². The van der Waals surface area contributed by atoms with Crippen molar-refractivity contribution < 1.29 is 4.39 Å². The molecule has 2 heteroatoms. The maximum Gasteiger partial charge on any atom is 0.126 e. The van der Waals surface area contributed by atoms with E-state index < -0.39 is 0 Å². The lowest BCUT2D eigenvalue weighted by molar-refractivity contribution is 0.563. The lowest BCUT2D eigenvalue weighted by Gasteiger charge is -2.12. The van der Waals surface area contributed by atoms with Crippen LogP contribution < -0.4 is 5.32 Å². The van der Waals surface area contributed by atoms with E-state index >= 15 is 0 Å². The molecule has 1 nitrogen and oxygen atoms in total. The van der Waals surface area contributed by atoms with E-state index in [0.717, 1.165) is 18.5 Å². The van der Waals surface area contributed by atoms with Crippen LogP contribution in [0.5, 0.6) is 0 Å². The van der Waals surface area contributed by atoms with Crippen molar-refractivity contribution >= 4 is 0 Å². The summed E-state index contributed by atoms with van der Waals surface area (Å²) < 4.78 is 13.0. The Morgan fingerprint density at radius 1 is 1.43 bits per heavy atom.